The standard InChI is InChI=1S/C16H26N2O4/c1-21-15(19)9-12-10-18(6-7-22-12)14-8-11-4-2-3-5-13(11)17-16(14)20/h11-14H,2-10H2,1H3,(H,17,20)/t11-,12-,13-,14-/m1/s1. The van der Waals surface area contributed by atoms with E-state index in [9.17, 15) is 9.59 Å². The van der Waals surface area contributed by atoms with Gasteiger partial charge in [-0.25, -0.2) is 0 Å². The third kappa shape index (κ3) is 3.43. The topological polar surface area (TPSA) is 67.9 Å². The Labute approximate surface area is 131 Å². The largest absolute Gasteiger partial charge is 0.469 e. The van der Waals surface area contributed by atoms with Gasteiger partial charge in [-0.2, -0.15) is 0 Å². The van der Waals surface area contributed by atoms with Gasteiger partial charge < -0.3 is 14.8 Å². The predicted molar refractivity (Wildman–Crippen MR) is 80.2 cm³/mol. The van der Waals surface area contributed by atoms with Gasteiger partial charge in [-0.05, 0) is 25.2 Å². The number of rotatable bonds is 3. The van der Waals surface area contributed by atoms with Gasteiger partial charge in [-0.1, -0.05) is 12.8 Å². The molecule has 2 heterocycles. The van der Waals surface area contributed by atoms with E-state index < -0.39 is 0 Å². The maximum absolute atomic E-state index is 12.4. The van der Waals surface area contributed by atoms with Crippen molar-refractivity contribution >= 4 is 11.9 Å². The Morgan fingerprint density at radius 1 is 1.41 bits per heavy atom. The van der Waals surface area contributed by atoms with E-state index in [1.165, 1.54) is 26.4 Å². The number of hydrogen-bond acceptors (Lipinski definition) is 5. The van der Waals surface area contributed by atoms with Gasteiger partial charge in [0.25, 0.3) is 0 Å². The number of piperidine rings is 1. The van der Waals surface area contributed by atoms with E-state index in [-0.39, 0.29) is 30.4 Å². The van der Waals surface area contributed by atoms with Gasteiger partial charge in [0.15, 0.2) is 0 Å². The highest BCUT2D eigenvalue weighted by atomic mass is 16.5. The van der Waals surface area contributed by atoms with Gasteiger partial charge in [0.05, 0.1) is 32.3 Å². The van der Waals surface area contributed by atoms with Crippen molar-refractivity contribution in [2.45, 2.75) is 56.7 Å². The van der Waals surface area contributed by atoms with Crippen molar-refractivity contribution in [3.63, 3.8) is 0 Å². The van der Waals surface area contributed by atoms with Crippen LogP contribution in [0.3, 0.4) is 0 Å². The molecule has 0 bridgehead atoms. The number of methoxy groups -OCH3 is 1. The molecule has 0 aromatic heterocycles. The van der Waals surface area contributed by atoms with Gasteiger partial charge in [-0.3, -0.25) is 14.5 Å². The van der Waals surface area contributed by atoms with Crippen LogP contribution in [0, 0.1) is 5.92 Å². The molecular formula is C16H26N2O4. The molecule has 2 aliphatic heterocycles. The van der Waals surface area contributed by atoms with Gasteiger partial charge in [0.1, 0.15) is 0 Å². The highest BCUT2D eigenvalue weighted by molar-refractivity contribution is 5.83. The Morgan fingerprint density at radius 3 is 3.05 bits per heavy atom. The number of hydrogen-bond donors (Lipinski definition) is 1. The van der Waals surface area contributed by atoms with Crippen LogP contribution in [0.4, 0.5) is 0 Å². The minimum Gasteiger partial charge on any atom is -0.469 e. The Morgan fingerprint density at radius 2 is 2.23 bits per heavy atom. The summed E-state index contributed by atoms with van der Waals surface area (Å²) in [5.74, 6) is 0.507. The predicted octanol–water partition coefficient (Wildman–Crippen LogP) is 0.698. The molecule has 0 aromatic rings. The number of amides is 1. The van der Waals surface area contributed by atoms with Crippen LogP contribution < -0.4 is 5.32 Å². The van der Waals surface area contributed by atoms with Gasteiger partial charge >= 0.3 is 5.97 Å². The second kappa shape index (κ2) is 6.96. The molecule has 1 saturated carbocycles. The van der Waals surface area contributed by atoms with Crippen molar-refractivity contribution in [3.8, 4) is 0 Å². The number of ether oxygens (including phenoxy) is 2. The maximum Gasteiger partial charge on any atom is 0.308 e. The maximum atomic E-state index is 12.4. The summed E-state index contributed by atoms with van der Waals surface area (Å²) >= 11 is 0. The second-order valence-electron chi connectivity index (χ2n) is 6.68. The summed E-state index contributed by atoms with van der Waals surface area (Å²) < 4.78 is 10.3. The normalized spacial score (nSPS) is 36.3. The van der Waals surface area contributed by atoms with Crippen LogP contribution in [0.2, 0.25) is 0 Å². The molecule has 1 N–H and O–H groups in total. The van der Waals surface area contributed by atoms with Crippen molar-refractivity contribution < 1.29 is 19.1 Å². The average Bonchev–Trinajstić information content (AvgIpc) is 2.54. The Hall–Kier alpha value is -1.14. The van der Waals surface area contributed by atoms with Crippen LogP contribution in [0.1, 0.15) is 38.5 Å². The molecule has 6 heteroatoms. The number of carbonyl (C=O) groups excluding carboxylic acids is 2. The van der Waals surface area contributed by atoms with Crippen molar-refractivity contribution in [2.75, 3.05) is 26.8 Å². The lowest BCUT2D eigenvalue weighted by atomic mass is 9.77. The fraction of sp³-hybridized carbons (Fsp3) is 0.875. The lowest BCUT2D eigenvalue weighted by Crippen LogP contribution is -2.61. The molecule has 0 aromatic carbocycles. The van der Waals surface area contributed by atoms with Crippen molar-refractivity contribution in [3.05, 3.63) is 0 Å². The van der Waals surface area contributed by atoms with Crippen LogP contribution in [0.25, 0.3) is 0 Å². The Kier molecular flexibility index (Phi) is 4.98. The van der Waals surface area contributed by atoms with E-state index in [0.29, 0.717) is 25.1 Å². The zero-order valence-corrected chi connectivity index (χ0v) is 13.3. The van der Waals surface area contributed by atoms with E-state index in [4.69, 9.17) is 9.47 Å². The van der Waals surface area contributed by atoms with Crippen molar-refractivity contribution in [1.82, 2.24) is 10.2 Å². The summed E-state index contributed by atoms with van der Waals surface area (Å²) in [7, 11) is 1.39. The molecule has 3 fully saturated rings. The summed E-state index contributed by atoms with van der Waals surface area (Å²) in [5.41, 5.74) is 0. The molecule has 22 heavy (non-hydrogen) atoms. The van der Waals surface area contributed by atoms with Crippen LogP contribution in [-0.2, 0) is 19.1 Å². The molecule has 2 saturated heterocycles. The van der Waals surface area contributed by atoms with Gasteiger partial charge in [0, 0.05) is 19.1 Å². The Bertz CT molecular complexity index is 428. The molecule has 4 atom stereocenters. The first-order valence-corrected chi connectivity index (χ1v) is 8.40. The summed E-state index contributed by atoms with van der Waals surface area (Å²) in [6, 6.07) is 0.313. The summed E-state index contributed by atoms with van der Waals surface area (Å²) in [6.45, 7) is 1.96. The minimum absolute atomic E-state index is 0.0663. The number of nitrogens with zero attached hydrogens (tertiary/aromatic N) is 1. The third-order valence-electron chi connectivity index (χ3n) is 5.30. The number of morpholine rings is 1. The molecule has 3 aliphatic rings. The zero-order chi connectivity index (χ0) is 15.5. The van der Waals surface area contributed by atoms with E-state index in [1.807, 2.05) is 0 Å². The highest BCUT2D eigenvalue weighted by Crippen LogP contribution is 2.33. The second-order valence-corrected chi connectivity index (χ2v) is 6.68. The molecule has 6 nitrogen and oxygen atoms in total. The number of carbonyl (C=O) groups is 2. The first kappa shape index (κ1) is 15.7. The van der Waals surface area contributed by atoms with E-state index in [0.717, 1.165) is 19.4 Å². The molecule has 124 valence electrons. The average molecular weight is 310 g/mol. The van der Waals surface area contributed by atoms with Crippen molar-refractivity contribution in [2.24, 2.45) is 5.92 Å². The highest BCUT2D eigenvalue weighted by Gasteiger charge is 2.40. The molecule has 0 unspecified atom stereocenters. The molecule has 0 spiro atoms. The molecule has 3 rings (SSSR count). The summed E-state index contributed by atoms with van der Waals surface area (Å²) in [4.78, 5) is 26.1. The number of esters is 1. The van der Waals surface area contributed by atoms with E-state index >= 15 is 0 Å². The monoisotopic (exact) mass is 310 g/mol. The van der Waals surface area contributed by atoms with Crippen LogP contribution in [0.15, 0.2) is 0 Å². The third-order valence-corrected chi connectivity index (χ3v) is 5.30. The van der Waals surface area contributed by atoms with Crippen LogP contribution in [0.5, 0.6) is 0 Å². The SMILES string of the molecule is COC(=O)C[C@@H]1CN([C@@H]2C[C@H]3CCCC[C@H]3NC2=O)CCO1. The fourth-order valence-electron chi connectivity index (χ4n) is 4.09. The molecule has 1 amide bonds. The quantitative estimate of drug-likeness (QED) is 0.777. The van der Waals surface area contributed by atoms with Gasteiger partial charge in [-0.15, -0.1) is 0 Å². The van der Waals surface area contributed by atoms with E-state index in [2.05, 4.69) is 10.2 Å². The number of nitrogens with one attached hydrogen (secondary N) is 1. The lowest BCUT2D eigenvalue weighted by Gasteiger charge is -2.45. The van der Waals surface area contributed by atoms with Crippen molar-refractivity contribution in [1.29, 1.82) is 0 Å². The lowest BCUT2D eigenvalue weighted by molar-refractivity contribution is -0.147. The van der Waals surface area contributed by atoms with E-state index in [1.54, 1.807) is 0 Å². The first-order chi connectivity index (χ1) is 10.7. The minimum atomic E-state index is -0.257. The Balaban J connectivity index is 1.60. The summed E-state index contributed by atoms with van der Waals surface area (Å²) in [5, 5.41) is 3.22. The summed E-state index contributed by atoms with van der Waals surface area (Å²) in [6.07, 6.45) is 5.88. The molecular weight excluding hydrogens is 284 g/mol. The number of fused-ring (bicyclic) bond motifs is 1. The van der Waals surface area contributed by atoms with Crippen LogP contribution >= 0.6 is 0 Å². The molecule has 0 radical (unpaired) electrons. The van der Waals surface area contributed by atoms with Gasteiger partial charge in [0.2, 0.25) is 5.91 Å². The fourth-order valence-corrected chi connectivity index (χ4v) is 4.09. The zero-order valence-electron chi connectivity index (χ0n) is 13.3. The first-order valence-electron chi connectivity index (χ1n) is 8.40. The molecule has 1 aliphatic carbocycles. The van der Waals surface area contributed by atoms with Crippen LogP contribution in [-0.4, -0.2) is 61.8 Å². The smallest absolute Gasteiger partial charge is 0.308 e.